The Morgan fingerprint density at radius 1 is 1.58 bits per heavy atom. The Kier molecular flexibility index (Phi) is 3.34. The van der Waals surface area contributed by atoms with Gasteiger partial charge in [-0.3, -0.25) is 4.79 Å². The van der Waals surface area contributed by atoms with E-state index in [9.17, 15) is 4.79 Å². The van der Waals surface area contributed by atoms with Crippen LogP contribution in [0.4, 0.5) is 5.69 Å². The van der Waals surface area contributed by atoms with Crippen molar-refractivity contribution in [3.8, 4) is 0 Å². The summed E-state index contributed by atoms with van der Waals surface area (Å²) >= 11 is 8.01. The molecule has 0 aliphatic carbocycles. The average molecular weight is 296 g/mol. The van der Waals surface area contributed by atoms with E-state index in [1.807, 2.05) is 6.07 Å². The number of rotatable bonds is 1. The predicted molar refractivity (Wildman–Crippen MR) is 58.5 cm³/mol. The minimum atomic E-state index is -0.113. The summed E-state index contributed by atoms with van der Waals surface area (Å²) in [6.45, 7) is 1.45. The normalized spacial score (nSPS) is 9.58. The third-order valence-electron chi connectivity index (χ3n) is 1.24. The molecule has 12 heavy (non-hydrogen) atoms. The second-order valence-electron chi connectivity index (χ2n) is 2.31. The van der Waals surface area contributed by atoms with Crippen molar-refractivity contribution in [3.63, 3.8) is 0 Å². The van der Waals surface area contributed by atoms with Crippen LogP contribution < -0.4 is 5.32 Å². The Hall–Kier alpha value is -0.290. The smallest absolute Gasteiger partial charge is 0.221 e. The summed E-state index contributed by atoms with van der Waals surface area (Å²) in [6, 6.07) is 5.47. The second kappa shape index (κ2) is 4.09. The van der Waals surface area contributed by atoms with Gasteiger partial charge in [0.1, 0.15) is 0 Å². The molecule has 0 atom stereocenters. The zero-order chi connectivity index (χ0) is 9.14. The Morgan fingerprint density at radius 2 is 2.25 bits per heavy atom. The Balaban J connectivity index is 2.93. The van der Waals surface area contributed by atoms with E-state index >= 15 is 0 Å². The molecule has 1 aromatic carbocycles. The number of carbonyl (C=O) groups is 1. The summed E-state index contributed by atoms with van der Waals surface area (Å²) in [6.07, 6.45) is 0. The zero-order valence-corrected chi connectivity index (χ0v) is 9.31. The van der Waals surface area contributed by atoms with Gasteiger partial charge in [-0.15, -0.1) is 0 Å². The molecule has 4 heteroatoms. The topological polar surface area (TPSA) is 29.1 Å². The monoisotopic (exact) mass is 295 g/mol. The van der Waals surface area contributed by atoms with Crippen LogP contribution in [0.2, 0.25) is 5.02 Å². The van der Waals surface area contributed by atoms with E-state index in [0.29, 0.717) is 10.7 Å². The molecule has 1 N–H and O–H groups in total. The van der Waals surface area contributed by atoms with Crippen LogP contribution in [0.15, 0.2) is 18.2 Å². The molecule has 1 rings (SSSR count). The van der Waals surface area contributed by atoms with Gasteiger partial charge >= 0.3 is 0 Å². The summed E-state index contributed by atoms with van der Waals surface area (Å²) < 4.78 is 1.05. The number of halogens is 2. The lowest BCUT2D eigenvalue weighted by molar-refractivity contribution is -0.114. The number of carbonyl (C=O) groups excluding carboxylic acids is 1. The molecule has 0 radical (unpaired) electrons. The van der Waals surface area contributed by atoms with Gasteiger partial charge in [-0.2, -0.15) is 0 Å². The molecule has 0 bridgehead atoms. The maximum atomic E-state index is 10.7. The molecule has 0 aromatic heterocycles. The van der Waals surface area contributed by atoms with Crippen molar-refractivity contribution >= 4 is 45.8 Å². The number of benzene rings is 1. The minimum Gasteiger partial charge on any atom is -0.325 e. The minimum absolute atomic E-state index is 0.113. The van der Waals surface area contributed by atoms with E-state index in [4.69, 9.17) is 11.6 Å². The standard InChI is InChI=1S/C8H7ClINO/c1-5(12)11-8-3-2-6(10)4-7(8)9/h2-4H,1H3,(H,11,12). The molecule has 0 unspecified atom stereocenters. The van der Waals surface area contributed by atoms with Crippen LogP contribution in [0, 0.1) is 3.57 Å². The third-order valence-corrected chi connectivity index (χ3v) is 2.23. The Morgan fingerprint density at radius 3 is 2.75 bits per heavy atom. The van der Waals surface area contributed by atoms with Crippen LogP contribution in [-0.2, 0) is 4.79 Å². The van der Waals surface area contributed by atoms with Crippen molar-refractivity contribution in [1.82, 2.24) is 0 Å². The highest BCUT2D eigenvalue weighted by Crippen LogP contribution is 2.23. The van der Waals surface area contributed by atoms with Gasteiger partial charge in [0.05, 0.1) is 10.7 Å². The third kappa shape index (κ3) is 2.64. The van der Waals surface area contributed by atoms with E-state index in [2.05, 4.69) is 27.9 Å². The highest BCUT2D eigenvalue weighted by Gasteiger charge is 2.01. The number of hydrogen-bond donors (Lipinski definition) is 1. The first kappa shape index (κ1) is 9.80. The molecular weight excluding hydrogens is 288 g/mol. The first-order chi connectivity index (χ1) is 5.59. The quantitative estimate of drug-likeness (QED) is 0.793. The lowest BCUT2D eigenvalue weighted by Gasteiger charge is -2.03. The van der Waals surface area contributed by atoms with Crippen LogP contribution in [0.3, 0.4) is 0 Å². The molecule has 2 nitrogen and oxygen atoms in total. The molecule has 0 fully saturated rings. The zero-order valence-electron chi connectivity index (χ0n) is 6.40. The van der Waals surface area contributed by atoms with Gasteiger partial charge in [0.25, 0.3) is 0 Å². The van der Waals surface area contributed by atoms with Crippen molar-refractivity contribution in [2.45, 2.75) is 6.92 Å². The van der Waals surface area contributed by atoms with E-state index in [0.717, 1.165) is 3.57 Å². The van der Waals surface area contributed by atoms with Gasteiger partial charge in [-0.1, -0.05) is 11.6 Å². The van der Waals surface area contributed by atoms with Gasteiger partial charge in [-0.05, 0) is 40.8 Å². The largest absolute Gasteiger partial charge is 0.325 e. The van der Waals surface area contributed by atoms with Crippen molar-refractivity contribution < 1.29 is 4.79 Å². The molecule has 0 heterocycles. The molecule has 0 aliphatic heterocycles. The fourth-order valence-electron chi connectivity index (χ4n) is 0.780. The van der Waals surface area contributed by atoms with Gasteiger partial charge < -0.3 is 5.32 Å². The van der Waals surface area contributed by atoms with E-state index in [1.54, 1.807) is 12.1 Å². The molecule has 64 valence electrons. The van der Waals surface area contributed by atoms with Gasteiger partial charge in [0, 0.05) is 10.5 Å². The summed E-state index contributed by atoms with van der Waals surface area (Å²) in [5, 5.41) is 3.19. The Labute approximate surface area is 89.4 Å². The molecule has 1 aromatic rings. The first-order valence-electron chi connectivity index (χ1n) is 3.32. The van der Waals surface area contributed by atoms with Gasteiger partial charge in [-0.25, -0.2) is 0 Å². The van der Waals surface area contributed by atoms with Crippen molar-refractivity contribution in [1.29, 1.82) is 0 Å². The SMILES string of the molecule is CC(=O)Nc1ccc(I)cc1Cl. The number of hydrogen-bond acceptors (Lipinski definition) is 1. The number of anilines is 1. The lowest BCUT2D eigenvalue weighted by Crippen LogP contribution is -2.05. The fraction of sp³-hybridized carbons (Fsp3) is 0.125. The van der Waals surface area contributed by atoms with Gasteiger partial charge in [0.2, 0.25) is 5.91 Å². The van der Waals surface area contributed by atoms with Crippen LogP contribution in [0.25, 0.3) is 0 Å². The van der Waals surface area contributed by atoms with E-state index < -0.39 is 0 Å². The number of amides is 1. The summed E-state index contributed by atoms with van der Waals surface area (Å²) in [5.41, 5.74) is 0.657. The lowest BCUT2D eigenvalue weighted by atomic mass is 10.3. The average Bonchev–Trinajstić information content (AvgIpc) is 1.94. The highest BCUT2D eigenvalue weighted by molar-refractivity contribution is 14.1. The van der Waals surface area contributed by atoms with Crippen molar-refractivity contribution in [2.24, 2.45) is 0 Å². The van der Waals surface area contributed by atoms with Crippen molar-refractivity contribution in [3.05, 3.63) is 26.8 Å². The van der Waals surface area contributed by atoms with E-state index in [1.165, 1.54) is 6.92 Å². The maximum Gasteiger partial charge on any atom is 0.221 e. The van der Waals surface area contributed by atoms with Crippen LogP contribution in [0.5, 0.6) is 0 Å². The highest BCUT2D eigenvalue weighted by atomic mass is 127. The summed E-state index contributed by atoms with van der Waals surface area (Å²) in [4.78, 5) is 10.7. The Bertz CT molecular complexity index is 314. The van der Waals surface area contributed by atoms with Crippen LogP contribution >= 0.6 is 34.2 Å². The predicted octanol–water partition coefficient (Wildman–Crippen LogP) is 2.90. The molecular formula is C8H7ClINO. The molecule has 0 spiro atoms. The fourth-order valence-corrected chi connectivity index (χ4v) is 1.68. The number of nitrogens with one attached hydrogen (secondary N) is 1. The van der Waals surface area contributed by atoms with Crippen LogP contribution in [-0.4, -0.2) is 5.91 Å². The first-order valence-corrected chi connectivity index (χ1v) is 4.78. The van der Waals surface area contributed by atoms with E-state index in [-0.39, 0.29) is 5.91 Å². The molecule has 1 amide bonds. The molecule has 0 saturated carbocycles. The molecule has 0 saturated heterocycles. The molecule has 0 aliphatic rings. The summed E-state index contributed by atoms with van der Waals surface area (Å²) in [5.74, 6) is -0.113. The van der Waals surface area contributed by atoms with Crippen molar-refractivity contribution in [2.75, 3.05) is 5.32 Å². The van der Waals surface area contributed by atoms with Gasteiger partial charge in [0.15, 0.2) is 0 Å². The maximum absolute atomic E-state index is 10.7. The van der Waals surface area contributed by atoms with Crippen LogP contribution in [0.1, 0.15) is 6.92 Å². The summed E-state index contributed by atoms with van der Waals surface area (Å²) in [7, 11) is 0. The second-order valence-corrected chi connectivity index (χ2v) is 3.96.